The summed E-state index contributed by atoms with van der Waals surface area (Å²) in [5.41, 5.74) is 4.65. The summed E-state index contributed by atoms with van der Waals surface area (Å²) in [7, 11) is 2.12. The number of hydrogen-bond donors (Lipinski definition) is 0. The third-order valence-electron chi connectivity index (χ3n) is 6.51. The van der Waals surface area contributed by atoms with Crippen molar-refractivity contribution in [2.75, 3.05) is 26.7 Å². The minimum absolute atomic E-state index is 0.119. The maximum atomic E-state index is 13.0. The zero-order valence-electron chi connectivity index (χ0n) is 17.9. The molecule has 1 aromatic heterocycles. The number of nitrogens with zero attached hydrogens (tertiary/aromatic N) is 3. The van der Waals surface area contributed by atoms with E-state index in [2.05, 4.69) is 24.1 Å². The van der Waals surface area contributed by atoms with Crippen molar-refractivity contribution in [2.45, 2.75) is 46.1 Å². The Balaban J connectivity index is 1.81. The Morgan fingerprint density at radius 1 is 1.17 bits per heavy atom. The third-order valence-corrected chi connectivity index (χ3v) is 6.51. The molecule has 2 atom stereocenters. The predicted molar refractivity (Wildman–Crippen MR) is 117 cm³/mol. The molecular formula is C24H31N3O2. The first-order valence-electron chi connectivity index (χ1n) is 10.9. The molecule has 2 heterocycles. The van der Waals surface area contributed by atoms with Crippen LogP contribution in [0, 0.1) is 5.92 Å². The molecule has 2 aromatic rings. The van der Waals surface area contributed by atoms with Crippen molar-refractivity contribution in [1.29, 1.82) is 0 Å². The van der Waals surface area contributed by atoms with Crippen LogP contribution in [-0.2, 0) is 11.2 Å². The highest BCUT2D eigenvalue weighted by atomic mass is 16.2. The molecule has 0 fully saturated rings. The van der Waals surface area contributed by atoms with E-state index in [-0.39, 0.29) is 23.8 Å². The Kier molecular flexibility index (Phi) is 5.34. The summed E-state index contributed by atoms with van der Waals surface area (Å²) in [6.45, 7) is 8.33. The maximum absolute atomic E-state index is 13.0. The molecule has 2 unspecified atom stereocenters. The van der Waals surface area contributed by atoms with Crippen LogP contribution in [0.5, 0.6) is 0 Å². The lowest BCUT2D eigenvalue weighted by molar-refractivity contribution is -0.134. The Morgan fingerprint density at radius 2 is 1.93 bits per heavy atom. The molecule has 1 amide bonds. The summed E-state index contributed by atoms with van der Waals surface area (Å²) < 4.78 is 1.84. The zero-order chi connectivity index (χ0) is 20.7. The Labute approximate surface area is 173 Å². The van der Waals surface area contributed by atoms with E-state index in [0.29, 0.717) is 6.42 Å². The number of benzene rings is 1. The number of fused-ring (bicyclic) bond motifs is 2. The average molecular weight is 394 g/mol. The van der Waals surface area contributed by atoms with Gasteiger partial charge >= 0.3 is 0 Å². The van der Waals surface area contributed by atoms with E-state index in [1.54, 1.807) is 0 Å². The normalized spacial score (nSPS) is 21.0. The monoisotopic (exact) mass is 393 g/mol. The summed E-state index contributed by atoms with van der Waals surface area (Å²) in [5, 5.41) is 1.18. The molecule has 5 nitrogen and oxygen atoms in total. The molecule has 29 heavy (non-hydrogen) atoms. The van der Waals surface area contributed by atoms with E-state index in [9.17, 15) is 9.59 Å². The lowest BCUT2D eigenvalue weighted by Gasteiger charge is -2.40. The number of amides is 1. The van der Waals surface area contributed by atoms with Crippen LogP contribution >= 0.6 is 0 Å². The molecule has 0 radical (unpaired) electrons. The Bertz CT molecular complexity index is 983. The number of hydrogen-bond acceptors (Lipinski definition) is 3. The third kappa shape index (κ3) is 3.21. The SMILES string of the molecule is CCCC(=O)n1cc2c3c(cccc31)C1=CC(C(=O)N(CC)CC)CN(C)C1C2. The zero-order valence-corrected chi connectivity index (χ0v) is 17.9. The molecule has 0 N–H and O–H groups in total. The van der Waals surface area contributed by atoms with Crippen molar-refractivity contribution in [3.05, 3.63) is 41.6 Å². The van der Waals surface area contributed by atoms with Crippen molar-refractivity contribution >= 4 is 28.3 Å². The van der Waals surface area contributed by atoms with Gasteiger partial charge in [-0.1, -0.05) is 25.1 Å². The maximum Gasteiger partial charge on any atom is 0.231 e. The van der Waals surface area contributed by atoms with Gasteiger partial charge in [-0.05, 0) is 56.5 Å². The van der Waals surface area contributed by atoms with Crippen LogP contribution in [0.2, 0.25) is 0 Å². The molecular weight excluding hydrogens is 362 g/mol. The van der Waals surface area contributed by atoms with Gasteiger partial charge in [0, 0.05) is 43.7 Å². The van der Waals surface area contributed by atoms with Crippen LogP contribution < -0.4 is 0 Å². The number of likely N-dealkylation sites (N-methyl/N-ethyl adjacent to an activating group) is 1. The summed E-state index contributed by atoms with van der Waals surface area (Å²) in [6, 6.07) is 6.49. The highest BCUT2D eigenvalue weighted by Gasteiger charge is 2.37. The molecule has 1 aliphatic heterocycles. The van der Waals surface area contributed by atoms with E-state index in [4.69, 9.17) is 0 Å². The summed E-state index contributed by atoms with van der Waals surface area (Å²) in [4.78, 5) is 29.9. The highest BCUT2D eigenvalue weighted by Crippen LogP contribution is 2.41. The van der Waals surface area contributed by atoms with Crippen molar-refractivity contribution in [3.63, 3.8) is 0 Å². The molecule has 0 saturated carbocycles. The number of rotatable bonds is 5. The number of aromatic nitrogens is 1. The van der Waals surface area contributed by atoms with Gasteiger partial charge in [-0.2, -0.15) is 0 Å². The lowest BCUT2D eigenvalue weighted by Crippen LogP contribution is -2.47. The molecule has 5 heteroatoms. The second-order valence-electron chi connectivity index (χ2n) is 8.27. The Morgan fingerprint density at radius 3 is 2.62 bits per heavy atom. The lowest BCUT2D eigenvalue weighted by atomic mass is 9.79. The quantitative estimate of drug-likeness (QED) is 0.776. The van der Waals surface area contributed by atoms with Gasteiger partial charge in [-0.15, -0.1) is 0 Å². The second kappa shape index (κ2) is 7.79. The van der Waals surface area contributed by atoms with Crippen LogP contribution in [0.4, 0.5) is 0 Å². The van der Waals surface area contributed by atoms with E-state index in [0.717, 1.165) is 38.0 Å². The fraction of sp³-hybridized carbons (Fsp3) is 0.500. The Hall–Kier alpha value is -2.40. The van der Waals surface area contributed by atoms with E-state index in [1.165, 1.54) is 22.1 Å². The predicted octanol–water partition coefficient (Wildman–Crippen LogP) is 3.82. The molecule has 1 aliphatic carbocycles. The van der Waals surface area contributed by atoms with Gasteiger partial charge in [0.1, 0.15) is 0 Å². The van der Waals surface area contributed by atoms with Gasteiger partial charge in [-0.25, -0.2) is 0 Å². The van der Waals surface area contributed by atoms with E-state index >= 15 is 0 Å². The molecule has 0 saturated heterocycles. The fourth-order valence-corrected chi connectivity index (χ4v) is 5.02. The minimum atomic E-state index is -0.119. The molecule has 4 rings (SSSR count). The summed E-state index contributed by atoms with van der Waals surface area (Å²) >= 11 is 0. The van der Waals surface area contributed by atoms with E-state index in [1.807, 2.05) is 48.6 Å². The van der Waals surface area contributed by atoms with Crippen LogP contribution in [0.3, 0.4) is 0 Å². The first kappa shape index (κ1) is 19.9. The van der Waals surface area contributed by atoms with Gasteiger partial charge in [0.15, 0.2) is 0 Å². The highest BCUT2D eigenvalue weighted by molar-refractivity contribution is 6.03. The van der Waals surface area contributed by atoms with E-state index < -0.39 is 0 Å². The van der Waals surface area contributed by atoms with Crippen LogP contribution in [0.15, 0.2) is 30.5 Å². The molecule has 0 bridgehead atoms. The summed E-state index contributed by atoms with van der Waals surface area (Å²) in [6.07, 6.45) is 6.53. The molecule has 2 aliphatic rings. The molecule has 1 aromatic carbocycles. The average Bonchev–Trinajstić information content (AvgIpc) is 3.10. The van der Waals surface area contributed by atoms with Gasteiger partial charge in [-0.3, -0.25) is 19.1 Å². The van der Waals surface area contributed by atoms with Gasteiger partial charge in [0.25, 0.3) is 0 Å². The van der Waals surface area contributed by atoms with Crippen LogP contribution in [-0.4, -0.2) is 58.9 Å². The van der Waals surface area contributed by atoms with Gasteiger partial charge < -0.3 is 4.90 Å². The number of carbonyl (C=O) groups is 2. The van der Waals surface area contributed by atoms with Crippen molar-refractivity contribution in [2.24, 2.45) is 5.92 Å². The van der Waals surface area contributed by atoms with Gasteiger partial charge in [0.2, 0.25) is 11.8 Å². The topological polar surface area (TPSA) is 45.6 Å². The van der Waals surface area contributed by atoms with Crippen molar-refractivity contribution < 1.29 is 9.59 Å². The first-order chi connectivity index (χ1) is 14.0. The van der Waals surface area contributed by atoms with Crippen LogP contribution in [0.25, 0.3) is 16.5 Å². The van der Waals surface area contributed by atoms with Crippen molar-refractivity contribution in [3.8, 4) is 0 Å². The fourth-order valence-electron chi connectivity index (χ4n) is 5.02. The first-order valence-corrected chi connectivity index (χ1v) is 10.9. The minimum Gasteiger partial charge on any atom is -0.343 e. The summed E-state index contributed by atoms with van der Waals surface area (Å²) in [5.74, 6) is 0.246. The van der Waals surface area contributed by atoms with Gasteiger partial charge in [0.05, 0.1) is 11.4 Å². The molecule has 0 spiro atoms. The number of carbonyl (C=O) groups excluding carboxylic acids is 2. The second-order valence-corrected chi connectivity index (χ2v) is 8.27. The largest absolute Gasteiger partial charge is 0.343 e. The smallest absolute Gasteiger partial charge is 0.231 e. The standard InChI is InChI=1S/C24H31N3O2/c1-5-9-22(28)27-15-16-13-21-19(18-10-8-11-20(27)23(16)18)12-17(14-25(21)4)24(29)26(6-2)7-3/h8,10-12,15,17,21H,5-7,9,13-14H2,1-4H3. The van der Waals surface area contributed by atoms with Crippen molar-refractivity contribution in [1.82, 2.24) is 14.4 Å². The van der Waals surface area contributed by atoms with Crippen LogP contribution in [0.1, 0.15) is 49.5 Å². The molecule has 154 valence electrons.